The van der Waals surface area contributed by atoms with Crippen molar-refractivity contribution in [3.8, 4) is 11.1 Å². The zero-order chi connectivity index (χ0) is 22.6. The van der Waals surface area contributed by atoms with Crippen LogP contribution < -0.4 is 10.6 Å². The molecule has 5 rings (SSSR count). The van der Waals surface area contributed by atoms with Crippen LogP contribution in [-0.2, 0) is 12.7 Å². The van der Waals surface area contributed by atoms with Crippen LogP contribution in [0.2, 0.25) is 0 Å². The molecular weight excluding hydrogens is 421 g/mol. The monoisotopic (exact) mass is 438 g/mol. The van der Waals surface area contributed by atoms with E-state index in [4.69, 9.17) is 5.73 Å². The van der Waals surface area contributed by atoms with Gasteiger partial charge < -0.3 is 20.7 Å². The van der Waals surface area contributed by atoms with Gasteiger partial charge in [-0.05, 0) is 34.9 Å². The number of nitrogens with two attached hydrogens (primary N) is 1. The van der Waals surface area contributed by atoms with Gasteiger partial charge in [-0.25, -0.2) is 4.98 Å². The summed E-state index contributed by atoms with van der Waals surface area (Å²) in [6.45, 7) is 0.132. The summed E-state index contributed by atoms with van der Waals surface area (Å²) in [5.74, 6) is -0.430. The Morgan fingerprint density at radius 2 is 1.88 bits per heavy atom. The summed E-state index contributed by atoms with van der Waals surface area (Å²) >= 11 is 0. The molecule has 4 aromatic rings. The van der Waals surface area contributed by atoms with Crippen molar-refractivity contribution in [3.63, 3.8) is 0 Å². The molecule has 1 aliphatic heterocycles. The topological polar surface area (TPSA) is 95.2 Å². The number of H-pyrrole nitrogens is 1. The number of alkyl halides is 3. The molecule has 162 valence electrons. The molecular formula is C23H17F3N4O2. The van der Waals surface area contributed by atoms with Crippen LogP contribution in [0.5, 0.6) is 0 Å². The van der Waals surface area contributed by atoms with Crippen LogP contribution in [-0.4, -0.2) is 21.0 Å². The minimum absolute atomic E-state index is 0.0184. The van der Waals surface area contributed by atoms with Gasteiger partial charge in [0.15, 0.2) is 6.23 Å². The number of aromatic nitrogens is 2. The lowest BCUT2D eigenvalue weighted by Crippen LogP contribution is -2.22. The second-order valence-electron chi connectivity index (χ2n) is 7.58. The second-order valence-corrected chi connectivity index (χ2v) is 7.58. The number of anilines is 1. The van der Waals surface area contributed by atoms with Crippen LogP contribution in [0.4, 0.5) is 19.1 Å². The predicted molar refractivity (Wildman–Crippen MR) is 113 cm³/mol. The molecule has 1 amide bonds. The van der Waals surface area contributed by atoms with E-state index in [0.29, 0.717) is 22.2 Å². The number of primary amides is 1. The Bertz CT molecular complexity index is 1350. The maximum atomic E-state index is 13.8. The van der Waals surface area contributed by atoms with E-state index in [-0.39, 0.29) is 29.1 Å². The van der Waals surface area contributed by atoms with E-state index in [1.165, 1.54) is 11.0 Å². The highest BCUT2D eigenvalue weighted by Crippen LogP contribution is 2.41. The summed E-state index contributed by atoms with van der Waals surface area (Å²) in [6, 6.07) is 15.6. The summed E-state index contributed by atoms with van der Waals surface area (Å²) in [5.41, 5.74) is 6.95. The molecule has 0 saturated carbocycles. The first-order chi connectivity index (χ1) is 15.2. The molecule has 0 fully saturated rings. The highest BCUT2D eigenvalue weighted by atomic mass is 19.4. The number of halogens is 3. The molecule has 32 heavy (non-hydrogen) atoms. The Kier molecular flexibility index (Phi) is 4.45. The smallest absolute Gasteiger partial charge is 0.369 e. The zero-order valence-electron chi connectivity index (χ0n) is 16.5. The van der Waals surface area contributed by atoms with Crippen LogP contribution in [0.15, 0.2) is 60.7 Å². The maximum Gasteiger partial charge on any atom is 0.417 e. The molecule has 9 heteroatoms. The molecule has 6 nitrogen and oxygen atoms in total. The number of nitrogens with one attached hydrogen (secondary N) is 1. The average Bonchev–Trinajstić information content (AvgIpc) is 3.33. The summed E-state index contributed by atoms with van der Waals surface area (Å²) in [6.07, 6.45) is -5.69. The first-order valence-electron chi connectivity index (χ1n) is 9.76. The van der Waals surface area contributed by atoms with Crippen molar-refractivity contribution in [3.05, 3.63) is 82.9 Å². The van der Waals surface area contributed by atoms with Crippen LogP contribution in [0.25, 0.3) is 22.2 Å². The number of carbonyl (C=O) groups is 1. The van der Waals surface area contributed by atoms with Gasteiger partial charge in [-0.2, -0.15) is 13.2 Å². The Hall–Kier alpha value is -3.85. The van der Waals surface area contributed by atoms with E-state index in [1.54, 1.807) is 48.5 Å². The molecule has 0 bridgehead atoms. The molecule has 1 atom stereocenters. The van der Waals surface area contributed by atoms with Crippen LogP contribution in [0.3, 0.4) is 0 Å². The number of aliphatic hydroxyl groups excluding tert-OH is 1. The summed E-state index contributed by atoms with van der Waals surface area (Å²) in [4.78, 5) is 20.5. The Balaban J connectivity index is 1.62. The largest absolute Gasteiger partial charge is 0.417 e. The maximum absolute atomic E-state index is 13.8. The minimum Gasteiger partial charge on any atom is -0.369 e. The number of hydrogen-bond donors (Lipinski definition) is 3. The molecule has 0 spiro atoms. The van der Waals surface area contributed by atoms with Crippen molar-refractivity contribution in [1.29, 1.82) is 0 Å². The number of aromatic amines is 1. The summed E-state index contributed by atoms with van der Waals surface area (Å²) in [7, 11) is 0. The highest BCUT2D eigenvalue weighted by Gasteiger charge is 2.36. The third kappa shape index (κ3) is 3.18. The number of nitrogens with zero attached hydrogens (tertiary/aromatic N) is 2. The number of benzene rings is 3. The lowest BCUT2D eigenvalue weighted by molar-refractivity contribution is -0.137. The fourth-order valence-electron chi connectivity index (χ4n) is 4.14. The van der Waals surface area contributed by atoms with Crippen molar-refractivity contribution in [2.24, 2.45) is 5.73 Å². The quantitative estimate of drug-likeness (QED) is 0.443. The van der Waals surface area contributed by atoms with Gasteiger partial charge in [0.2, 0.25) is 11.9 Å². The fourth-order valence-corrected chi connectivity index (χ4v) is 4.14. The average molecular weight is 438 g/mol. The number of carbonyl (C=O) groups excluding carboxylic acids is 1. The molecule has 3 aromatic carbocycles. The standard InChI is InChI=1S/C23H17F3N4O2/c24-23(25,26)17-10-19-18(9-15(17)12-5-2-1-3-6-12)28-22(29-19)30-11-16-13(20(27)31)7-4-8-14(16)21(30)32/h1-10,21,32H,11H2,(H2,27,31)(H,28,29). The van der Waals surface area contributed by atoms with Gasteiger partial charge in [0.25, 0.3) is 0 Å². The van der Waals surface area contributed by atoms with E-state index in [1.807, 2.05) is 0 Å². The van der Waals surface area contributed by atoms with E-state index in [0.717, 1.165) is 6.07 Å². The third-order valence-electron chi connectivity index (χ3n) is 5.65. The Labute approximate surface area is 180 Å². The van der Waals surface area contributed by atoms with Crippen LogP contribution in [0, 0.1) is 0 Å². The van der Waals surface area contributed by atoms with Crippen molar-refractivity contribution >= 4 is 22.9 Å². The first kappa shape index (κ1) is 20.1. The molecule has 2 heterocycles. The number of imidazole rings is 1. The van der Waals surface area contributed by atoms with Gasteiger partial charge in [-0.3, -0.25) is 4.79 Å². The number of amides is 1. The number of rotatable bonds is 3. The number of fused-ring (bicyclic) bond motifs is 2. The zero-order valence-corrected chi connectivity index (χ0v) is 16.5. The van der Waals surface area contributed by atoms with E-state index >= 15 is 0 Å². The van der Waals surface area contributed by atoms with E-state index in [9.17, 15) is 23.1 Å². The molecule has 4 N–H and O–H groups in total. The molecule has 0 saturated heterocycles. The van der Waals surface area contributed by atoms with Gasteiger partial charge in [0, 0.05) is 17.7 Å². The number of aliphatic hydroxyl groups is 1. The molecule has 1 aromatic heterocycles. The van der Waals surface area contributed by atoms with Gasteiger partial charge in [-0.1, -0.05) is 42.5 Å². The van der Waals surface area contributed by atoms with E-state index in [2.05, 4.69) is 9.97 Å². The van der Waals surface area contributed by atoms with Gasteiger partial charge in [0.1, 0.15) is 0 Å². The number of hydrogen-bond acceptors (Lipinski definition) is 4. The minimum atomic E-state index is -4.57. The van der Waals surface area contributed by atoms with Gasteiger partial charge >= 0.3 is 6.18 Å². The van der Waals surface area contributed by atoms with Gasteiger partial charge in [0.05, 0.1) is 16.6 Å². The Morgan fingerprint density at radius 1 is 1.12 bits per heavy atom. The van der Waals surface area contributed by atoms with Crippen LogP contribution in [0.1, 0.15) is 33.3 Å². The van der Waals surface area contributed by atoms with Gasteiger partial charge in [-0.15, -0.1) is 0 Å². The third-order valence-corrected chi connectivity index (χ3v) is 5.65. The SMILES string of the molecule is NC(=O)c1cccc2c1CN(c1nc3cc(-c4ccccc4)c(C(F)(F)F)cc3[nH]1)C2O. The predicted octanol–water partition coefficient (Wildman–Crippen LogP) is 4.36. The summed E-state index contributed by atoms with van der Waals surface area (Å²) in [5, 5.41) is 10.8. The Morgan fingerprint density at radius 3 is 2.56 bits per heavy atom. The molecule has 1 unspecified atom stereocenters. The second kappa shape index (κ2) is 7.10. The highest BCUT2D eigenvalue weighted by molar-refractivity contribution is 5.95. The van der Waals surface area contributed by atoms with Crippen molar-refractivity contribution in [2.75, 3.05) is 4.90 Å². The molecule has 0 aliphatic carbocycles. The van der Waals surface area contributed by atoms with Crippen molar-refractivity contribution < 1.29 is 23.1 Å². The summed E-state index contributed by atoms with van der Waals surface area (Å²) < 4.78 is 41.4. The molecule has 0 radical (unpaired) electrons. The van der Waals surface area contributed by atoms with Crippen molar-refractivity contribution in [1.82, 2.24) is 9.97 Å². The lowest BCUT2D eigenvalue weighted by Gasteiger charge is -2.19. The normalized spacial score (nSPS) is 15.9. The van der Waals surface area contributed by atoms with Crippen molar-refractivity contribution in [2.45, 2.75) is 18.9 Å². The van der Waals surface area contributed by atoms with Crippen LogP contribution >= 0.6 is 0 Å². The lowest BCUT2D eigenvalue weighted by atomic mass is 9.98. The van der Waals surface area contributed by atoms with E-state index < -0.39 is 23.9 Å². The fraction of sp³-hybridized carbons (Fsp3) is 0.130. The first-order valence-corrected chi connectivity index (χ1v) is 9.76. The molecule has 1 aliphatic rings.